The lowest BCUT2D eigenvalue weighted by molar-refractivity contribution is -0.138. The summed E-state index contributed by atoms with van der Waals surface area (Å²) in [7, 11) is 2.91. The smallest absolute Gasteiger partial charge is 0.419 e. The Morgan fingerprint density at radius 1 is 0.714 bits per heavy atom. The summed E-state index contributed by atoms with van der Waals surface area (Å²) in [4.78, 5) is 0. The van der Waals surface area contributed by atoms with E-state index < -0.39 is 23.5 Å². The molecule has 0 amide bonds. The van der Waals surface area contributed by atoms with Crippen LogP contribution in [0.25, 0.3) is 11.4 Å². The summed E-state index contributed by atoms with van der Waals surface area (Å²) in [6.45, 7) is 0. The lowest BCUT2D eigenvalue weighted by Crippen LogP contribution is -2.04. The van der Waals surface area contributed by atoms with Crippen LogP contribution in [0.15, 0.2) is 67.3 Å². The molecule has 2 heterocycles. The van der Waals surface area contributed by atoms with Gasteiger partial charge in [0.25, 0.3) is 0 Å². The van der Waals surface area contributed by atoms with Crippen LogP contribution in [-0.2, 0) is 12.4 Å². The van der Waals surface area contributed by atoms with Gasteiger partial charge in [-0.2, -0.15) is 36.5 Å². The minimum Gasteiger partial charge on any atom is -0.494 e. The van der Waals surface area contributed by atoms with E-state index in [1.165, 1.54) is 18.9 Å². The van der Waals surface area contributed by atoms with Gasteiger partial charge >= 0.3 is 12.4 Å². The lowest BCUT2D eigenvalue weighted by atomic mass is 10.3. The molecule has 0 saturated heterocycles. The maximum atomic E-state index is 12.5. The zero-order valence-corrected chi connectivity index (χ0v) is 20.3. The van der Waals surface area contributed by atoms with Gasteiger partial charge in [0.05, 0.1) is 37.7 Å². The first-order valence-corrected chi connectivity index (χ1v) is 10.7. The average molecular weight is 610 g/mol. The Bertz CT molecular complexity index is 1280. The van der Waals surface area contributed by atoms with Crippen molar-refractivity contribution in [1.29, 1.82) is 0 Å². The largest absolute Gasteiger partial charge is 0.494 e. The highest BCUT2D eigenvalue weighted by atomic mass is 127. The average Bonchev–Trinajstić information content (AvgIpc) is 3.49. The summed E-state index contributed by atoms with van der Waals surface area (Å²) < 4.78 is 88.0. The van der Waals surface area contributed by atoms with Gasteiger partial charge in [0.1, 0.15) is 22.9 Å². The Hall–Kier alpha value is -3.23. The van der Waals surface area contributed by atoms with Crippen LogP contribution >= 0.6 is 22.6 Å². The fourth-order valence-corrected chi connectivity index (χ4v) is 3.61. The lowest BCUT2D eigenvalue weighted by Gasteiger charge is -2.10. The Labute approximate surface area is 209 Å². The zero-order chi connectivity index (χ0) is 25.8. The van der Waals surface area contributed by atoms with Crippen molar-refractivity contribution in [2.45, 2.75) is 12.4 Å². The molecule has 186 valence electrons. The van der Waals surface area contributed by atoms with Gasteiger partial charge in [0, 0.05) is 16.0 Å². The number of methoxy groups -OCH3 is 2. The van der Waals surface area contributed by atoms with E-state index in [0.717, 1.165) is 33.0 Å². The zero-order valence-electron chi connectivity index (χ0n) is 18.1. The first kappa shape index (κ1) is 26.4. The van der Waals surface area contributed by atoms with E-state index in [-0.39, 0.29) is 0 Å². The summed E-state index contributed by atoms with van der Waals surface area (Å²) in [5.74, 6) is 0.933. The molecular weight excluding hydrogens is 593 g/mol. The van der Waals surface area contributed by atoms with Crippen LogP contribution in [0.3, 0.4) is 0 Å². The van der Waals surface area contributed by atoms with Crippen molar-refractivity contribution in [1.82, 2.24) is 19.6 Å². The maximum absolute atomic E-state index is 12.5. The number of rotatable bonds is 4. The van der Waals surface area contributed by atoms with E-state index in [1.54, 1.807) is 42.5 Å². The Morgan fingerprint density at radius 2 is 1.23 bits per heavy atom. The van der Waals surface area contributed by atoms with Crippen molar-refractivity contribution in [3.8, 4) is 22.9 Å². The minimum atomic E-state index is -4.40. The van der Waals surface area contributed by atoms with E-state index in [1.807, 2.05) is 22.6 Å². The molecule has 35 heavy (non-hydrogen) atoms. The van der Waals surface area contributed by atoms with Gasteiger partial charge in [-0.05, 0) is 46.9 Å². The molecule has 0 unspecified atom stereocenters. The van der Waals surface area contributed by atoms with Crippen LogP contribution in [0.2, 0.25) is 0 Å². The van der Waals surface area contributed by atoms with Crippen LogP contribution in [0.1, 0.15) is 11.1 Å². The second-order valence-corrected chi connectivity index (χ2v) is 7.97. The molecule has 4 aromatic rings. The number of halogens is 7. The molecule has 0 bridgehead atoms. The van der Waals surface area contributed by atoms with Crippen LogP contribution in [0.4, 0.5) is 26.3 Å². The van der Waals surface area contributed by atoms with Crippen LogP contribution in [0.5, 0.6) is 11.5 Å². The second-order valence-electron chi connectivity index (χ2n) is 6.81. The minimum absolute atomic E-state index is 0.462. The van der Waals surface area contributed by atoms with E-state index in [9.17, 15) is 26.3 Å². The number of benzene rings is 2. The fourth-order valence-electron chi connectivity index (χ4n) is 2.89. The maximum Gasteiger partial charge on any atom is 0.419 e. The van der Waals surface area contributed by atoms with Gasteiger partial charge < -0.3 is 9.47 Å². The van der Waals surface area contributed by atoms with Gasteiger partial charge in [-0.3, -0.25) is 0 Å². The number of hydrogen-bond acceptors (Lipinski definition) is 4. The van der Waals surface area contributed by atoms with Crippen molar-refractivity contribution < 1.29 is 35.8 Å². The third kappa shape index (κ3) is 6.26. The molecule has 0 N–H and O–H groups in total. The molecule has 0 aliphatic rings. The highest BCUT2D eigenvalue weighted by Crippen LogP contribution is 2.33. The number of nitrogens with zero attached hydrogens (tertiary/aromatic N) is 4. The molecule has 13 heteroatoms. The summed E-state index contributed by atoms with van der Waals surface area (Å²) in [5.41, 5.74) is -0.616. The third-order valence-corrected chi connectivity index (χ3v) is 5.42. The fraction of sp³-hybridized carbons (Fsp3) is 0.182. The Kier molecular flexibility index (Phi) is 7.97. The Balaban J connectivity index is 0.000000196. The monoisotopic (exact) mass is 610 g/mol. The van der Waals surface area contributed by atoms with Crippen LogP contribution in [0, 0.1) is 3.57 Å². The van der Waals surface area contributed by atoms with Gasteiger partial charge in [-0.15, -0.1) is 0 Å². The molecule has 0 atom stereocenters. The highest BCUT2D eigenvalue weighted by molar-refractivity contribution is 14.1. The van der Waals surface area contributed by atoms with Crippen molar-refractivity contribution >= 4 is 22.6 Å². The van der Waals surface area contributed by atoms with Crippen molar-refractivity contribution in [3.05, 3.63) is 81.9 Å². The molecule has 0 radical (unpaired) electrons. The number of aromatic nitrogens is 4. The summed E-state index contributed by atoms with van der Waals surface area (Å²) >= 11 is 2.02. The van der Waals surface area contributed by atoms with E-state index >= 15 is 0 Å². The molecule has 4 rings (SSSR count). The molecule has 0 aliphatic carbocycles. The quantitative estimate of drug-likeness (QED) is 0.198. The SMILES string of the molecule is COc1cccc(I)c1-n1cc(C(F)(F)F)cn1.COc1ccccc1-n1cc(C(F)(F)F)cn1. The van der Waals surface area contributed by atoms with Gasteiger partial charge in [-0.1, -0.05) is 18.2 Å². The predicted molar refractivity (Wildman–Crippen MR) is 123 cm³/mol. The topological polar surface area (TPSA) is 54.1 Å². The molecule has 0 saturated carbocycles. The molecule has 6 nitrogen and oxygen atoms in total. The van der Waals surface area contributed by atoms with Gasteiger partial charge in [0.15, 0.2) is 0 Å². The molecule has 0 fully saturated rings. The van der Waals surface area contributed by atoms with E-state index in [0.29, 0.717) is 22.9 Å². The van der Waals surface area contributed by atoms with Crippen LogP contribution in [-0.4, -0.2) is 33.8 Å². The predicted octanol–water partition coefficient (Wildman–Crippen LogP) is 6.40. The van der Waals surface area contributed by atoms with Gasteiger partial charge in [-0.25, -0.2) is 9.36 Å². The standard InChI is InChI=1S/C11H8F3IN2O.C11H9F3N2O/c1-18-9-4-2-3-8(15)10(9)17-6-7(5-16-17)11(12,13)14;1-17-10-5-3-2-4-9(10)16-7-8(6-15-16)11(12,13)14/h2-6H,1H3;2-7H,1H3. The molecule has 0 aliphatic heterocycles. The first-order chi connectivity index (χ1) is 16.5. The number of hydrogen-bond donors (Lipinski definition) is 0. The van der Waals surface area contributed by atoms with Crippen LogP contribution < -0.4 is 9.47 Å². The molecule has 2 aromatic carbocycles. The molecule has 0 spiro atoms. The second kappa shape index (κ2) is 10.6. The third-order valence-electron chi connectivity index (χ3n) is 4.55. The van der Waals surface area contributed by atoms with Crippen molar-refractivity contribution in [2.75, 3.05) is 14.2 Å². The highest BCUT2D eigenvalue weighted by Gasteiger charge is 2.33. The molecule has 2 aromatic heterocycles. The molecular formula is C22H17F6IN4O2. The number of para-hydroxylation sites is 3. The summed E-state index contributed by atoms with van der Waals surface area (Å²) in [6.07, 6.45) is -5.33. The summed E-state index contributed by atoms with van der Waals surface area (Å²) in [6, 6.07) is 11.9. The normalized spacial score (nSPS) is 11.6. The number of alkyl halides is 6. The first-order valence-electron chi connectivity index (χ1n) is 9.65. The van der Waals surface area contributed by atoms with E-state index in [2.05, 4.69) is 10.2 Å². The number of ether oxygens (including phenoxy) is 2. The van der Waals surface area contributed by atoms with Crippen molar-refractivity contribution in [2.24, 2.45) is 0 Å². The van der Waals surface area contributed by atoms with Gasteiger partial charge in [0.2, 0.25) is 0 Å². The van der Waals surface area contributed by atoms with E-state index in [4.69, 9.17) is 9.47 Å². The summed E-state index contributed by atoms with van der Waals surface area (Å²) in [5, 5.41) is 7.41. The Morgan fingerprint density at radius 3 is 1.77 bits per heavy atom. The van der Waals surface area contributed by atoms with Crippen molar-refractivity contribution in [3.63, 3.8) is 0 Å².